The molecule has 0 fully saturated rings. The van der Waals surface area contributed by atoms with Crippen LogP contribution in [0.25, 0.3) is 0 Å². The van der Waals surface area contributed by atoms with E-state index >= 15 is 0 Å². The topological polar surface area (TPSA) is 58.1 Å². The van der Waals surface area contributed by atoms with Gasteiger partial charge in [-0.3, -0.25) is 9.78 Å². The highest BCUT2D eigenvalue weighted by Gasteiger charge is 2.17. The van der Waals surface area contributed by atoms with Crippen LogP contribution in [0.3, 0.4) is 0 Å². The number of carbonyl (C=O) groups is 1. The van der Waals surface area contributed by atoms with Crippen molar-refractivity contribution in [2.45, 2.75) is 0 Å². The van der Waals surface area contributed by atoms with E-state index in [4.69, 9.17) is 0 Å². The summed E-state index contributed by atoms with van der Waals surface area (Å²) < 4.78 is 26.5. The highest BCUT2D eigenvalue weighted by atomic mass is 19.2. The summed E-state index contributed by atoms with van der Waals surface area (Å²) >= 11 is 0. The Morgan fingerprint density at radius 2 is 2.00 bits per heavy atom. The normalized spacial score (nSPS) is 10.2. The largest absolute Gasteiger partial charge is 0.376 e. The molecule has 2 aromatic rings. The van der Waals surface area contributed by atoms with Crippen molar-refractivity contribution in [2.24, 2.45) is 0 Å². The van der Waals surface area contributed by atoms with Crippen LogP contribution in [-0.4, -0.2) is 30.0 Å². The molecule has 1 N–H and O–H groups in total. The maximum absolute atomic E-state index is 13.5. The van der Waals surface area contributed by atoms with E-state index in [0.717, 1.165) is 12.3 Å². The van der Waals surface area contributed by atoms with Crippen LogP contribution in [0.15, 0.2) is 30.7 Å². The molecule has 0 bridgehead atoms. The Hall–Kier alpha value is -2.57. The molecule has 104 valence electrons. The van der Waals surface area contributed by atoms with E-state index in [2.05, 4.69) is 15.3 Å². The standard InChI is InChI=1S/C13H12F2N4O/c1-19(2)10-4-5-16-7-9(10)18-13(20)8-3-6-17-12(15)11(8)14/h3-7H,1-2H3,(H,18,20). The Morgan fingerprint density at radius 1 is 1.25 bits per heavy atom. The Morgan fingerprint density at radius 3 is 2.70 bits per heavy atom. The van der Waals surface area contributed by atoms with Gasteiger partial charge in [-0.2, -0.15) is 4.39 Å². The van der Waals surface area contributed by atoms with Gasteiger partial charge in [-0.15, -0.1) is 0 Å². The first-order valence-electron chi connectivity index (χ1n) is 5.73. The predicted octanol–water partition coefficient (Wildman–Crippen LogP) is 2.07. The second-order valence-corrected chi connectivity index (χ2v) is 4.20. The van der Waals surface area contributed by atoms with E-state index in [-0.39, 0.29) is 0 Å². The fraction of sp³-hybridized carbons (Fsp3) is 0.154. The second kappa shape index (κ2) is 5.60. The van der Waals surface area contributed by atoms with Gasteiger partial charge in [0.2, 0.25) is 5.95 Å². The van der Waals surface area contributed by atoms with E-state index in [0.29, 0.717) is 11.4 Å². The maximum Gasteiger partial charge on any atom is 0.258 e. The molecule has 0 atom stereocenters. The third-order valence-corrected chi connectivity index (χ3v) is 2.62. The molecule has 0 aromatic carbocycles. The summed E-state index contributed by atoms with van der Waals surface area (Å²) in [5, 5.41) is 2.50. The minimum absolute atomic E-state index is 0.402. The lowest BCUT2D eigenvalue weighted by molar-refractivity contribution is 0.102. The van der Waals surface area contributed by atoms with Crippen molar-refractivity contribution < 1.29 is 13.6 Å². The van der Waals surface area contributed by atoms with Crippen molar-refractivity contribution in [1.82, 2.24) is 9.97 Å². The van der Waals surface area contributed by atoms with Crippen LogP contribution >= 0.6 is 0 Å². The number of amides is 1. The van der Waals surface area contributed by atoms with Crippen LogP contribution in [0.4, 0.5) is 20.2 Å². The Balaban J connectivity index is 2.31. The fourth-order valence-corrected chi connectivity index (χ4v) is 1.66. The smallest absolute Gasteiger partial charge is 0.258 e. The average molecular weight is 278 g/mol. The first-order valence-corrected chi connectivity index (χ1v) is 5.73. The predicted molar refractivity (Wildman–Crippen MR) is 70.7 cm³/mol. The van der Waals surface area contributed by atoms with Gasteiger partial charge in [-0.25, -0.2) is 9.37 Å². The van der Waals surface area contributed by atoms with E-state index in [1.54, 1.807) is 31.3 Å². The van der Waals surface area contributed by atoms with Crippen LogP contribution in [0.2, 0.25) is 0 Å². The minimum Gasteiger partial charge on any atom is -0.376 e. The minimum atomic E-state index is -1.31. The molecule has 0 saturated heterocycles. The molecule has 2 rings (SSSR count). The zero-order valence-corrected chi connectivity index (χ0v) is 10.9. The van der Waals surface area contributed by atoms with Crippen molar-refractivity contribution in [3.8, 4) is 0 Å². The van der Waals surface area contributed by atoms with Crippen LogP contribution in [0.1, 0.15) is 10.4 Å². The Labute approximate surface area is 114 Å². The van der Waals surface area contributed by atoms with Crippen LogP contribution in [0, 0.1) is 11.8 Å². The van der Waals surface area contributed by atoms with Crippen molar-refractivity contribution in [2.75, 3.05) is 24.3 Å². The number of pyridine rings is 2. The number of hydrogen-bond acceptors (Lipinski definition) is 4. The number of halogens is 2. The lowest BCUT2D eigenvalue weighted by Crippen LogP contribution is -2.18. The molecular formula is C13H12F2N4O. The monoisotopic (exact) mass is 278 g/mol. The number of rotatable bonds is 3. The molecular weight excluding hydrogens is 266 g/mol. The molecule has 0 aliphatic heterocycles. The Kier molecular flexibility index (Phi) is 3.88. The maximum atomic E-state index is 13.5. The van der Waals surface area contributed by atoms with Gasteiger partial charge in [-0.05, 0) is 12.1 Å². The summed E-state index contributed by atoms with van der Waals surface area (Å²) in [7, 11) is 3.58. The third-order valence-electron chi connectivity index (χ3n) is 2.62. The molecule has 1 amide bonds. The van der Waals surface area contributed by atoms with Gasteiger partial charge >= 0.3 is 0 Å². The number of aromatic nitrogens is 2. The first kappa shape index (κ1) is 13.9. The van der Waals surface area contributed by atoms with E-state index < -0.39 is 23.2 Å². The van der Waals surface area contributed by atoms with Gasteiger partial charge in [0.1, 0.15) is 0 Å². The SMILES string of the molecule is CN(C)c1ccncc1NC(=O)c1ccnc(F)c1F. The molecule has 0 aliphatic carbocycles. The van der Waals surface area contributed by atoms with Gasteiger partial charge < -0.3 is 10.2 Å². The zero-order chi connectivity index (χ0) is 14.7. The van der Waals surface area contributed by atoms with Crippen molar-refractivity contribution >= 4 is 17.3 Å². The van der Waals surface area contributed by atoms with Gasteiger partial charge in [-0.1, -0.05) is 0 Å². The third kappa shape index (κ3) is 2.71. The van der Waals surface area contributed by atoms with Crippen molar-refractivity contribution in [3.63, 3.8) is 0 Å². The van der Waals surface area contributed by atoms with Gasteiger partial charge in [0.15, 0.2) is 5.82 Å². The number of nitrogens with zero attached hydrogens (tertiary/aromatic N) is 3. The highest BCUT2D eigenvalue weighted by molar-refractivity contribution is 6.05. The van der Waals surface area contributed by atoms with Crippen LogP contribution in [0.5, 0.6) is 0 Å². The number of anilines is 2. The van der Waals surface area contributed by atoms with E-state index in [9.17, 15) is 13.6 Å². The lowest BCUT2D eigenvalue weighted by Gasteiger charge is -2.17. The quantitative estimate of drug-likeness (QED) is 0.873. The lowest BCUT2D eigenvalue weighted by atomic mass is 10.2. The first-order chi connectivity index (χ1) is 9.50. The summed E-state index contributed by atoms with van der Waals surface area (Å²) in [4.78, 5) is 20.8. The van der Waals surface area contributed by atoms with Crippen LogP contribution in [-0.2, 0) is 0 Å². The molecule has 0 aliphatic rings. The molecule has 0 saturated carbocycles. The van der Waals surface area contributed by atoms with Gasteiger partial charge in [0.05, 0.1) is 23.1 Å². The highest BCUT2D eigenvalue weighted by Crippen LogP contribution is 2.23. The molecule has 0 unspecified atom stereocenters. The molecule has 0 spiro atoms. The van der Waals surface area contributed by atoms with Gasteiger partial charge in [0.25, 0.3) is 5.91 Å². The number of nitrogens with one attached hydrogen (secondary N) is 1. The Bertz CT molecular complexity index is 646. The zero-order valence-electron chi connectivity index (χ0n) is 10.9. The summed E-state index contributed by atoms with van der Waals surface area (Å²) in [6.07, 6.45) is 4.03. The van der Waals surface area contributed by atoms with Crippen molar-refractivity contribution in [1.29, 1.82) is 0 Å². The summed E-state index contributed by atoms with van der Waals surface area (Å²) in [5.41, 5.74) is 0.688. The molecule has 5 nitrogen and oxygen atoms in total. The number of hydrogen-bond donors (Lipinski definition) is 1. The van der Waals surface area contributed by atoms with E-state index in [1.807, 2.05) is 0 Å². The summed E-state index contributed by atoms with van der Waals surface area (Å²) in [6.45, 7) is 0. The molecule has 0 radical (unpaired) electrons. The van der Waals surface area contributed by atoms with Crippen LogP contribution < -0.4 is 10.2 Å². The molecule has 7 heteroatoms. The van der Waals surface area contributed by atoms with E-state index in [1.165, 1.54) is 6.20 Å². The summed E-state index contributed by atoms with van der Waals surface area (Å²) in [6, 6.07) is 2.80. The molecule has 2 heterocycles. The average Bonchev–Trinajstić information content (AvgIpc) is 2.42. The fourth-order valence-electron chi connectivity index (χ4n) is 1.66. The molecule has 2 aromatic heterocycles. The van der Waals surface area contributed by atoms with Gasteiger partial charge in [0, 0.05) is 26.5 Å². The molecule has 20 heavy (non-hydrogen) atoms. The number of carbonyl (C=O) groups excluding carboxylic acids is 1. The summed E-state index contributed by atoms with van der Waals surface area (Å²) in [5.74, 6) is -3.35. The van der Waals surface area contributed by atoms with Crippen molar-refractivity contribution in [3.05, 3.63) is 48.1 Å². The second-order valence-electron chi connectivity index (χ2n) is 4.20.